The fraction of sp³-hybridized carbons (Fsp3) is 0.300. The van der Waals surface area contributed by atoms with Gasteiger partial charge in [-0.3, -0.25) is 9.98 Å². The normalized spacial score (nSPS) is 10.7. The average molecular weight is 699 g/mol. The molecule has 0 atom stereocenters. The van der Waals surface area contributed by atoms with Crippen LogP contribution in [0.25, 0.3) is 0 Å². The summed E-state index contributed by atoms with van der Waals surface area (Å²) in [6, 6.07) is 7.01. The maximum atomic E-state index is 11.6. The van der Waals surface area contributed by atoms with E-state index < -0.39 is 0 Å². The van der Waals surface area contributed by atoms with Crippen molar-refractivity contribution in [1.82, 2.24) is 0 Å². The predicted octanol–water partition coefficient (Wildman–Crippen LogP) is 6.23. The van der Waals surface area contributed by atoms with E-state index in [1.165, 1.54) is 0 Å². The minimum Gasteiger partial charge on any atom is -0.871 e. The zero-order valence-corrected chi connectivity index (χ0v) is 23.2. The summed E-state index contributed by atoms with van der Waals surface area (Å²) < 4.78 is 2.87. The second-order valence-electron chi connectivity index (χ2n) is 5.68. The molecule has 0 saturated heterocycles. The summed E-state index contributed by atoms with van der Waals surface area (Å²) in [5.74, 6) is -0.0406. The molecular formula is C20H20Br4N2NiO2. The van der Waals surface area contributed by atoms with Crippen molar-refractivity contribution >= 4 is 76.1 Å². The summed E-state index contributed by atoms with van der Waals surface area (Å²) in [4.78, 5) is 8.27. The number of aliphatic imine (C=N–C) groups is 2. The Bertz CT molecular complexity index is 776. The molecule has 2 aromatic carbocycles. The van der Waals surface area contributed by atoms with E-state index in [2.05, 4.69) is 73.7 Å². The third kappa shape index (κ3) is 10.6. The van der Waals surface area contributed by atoms with E-state index in [0.29, 0.717) is 20.1 Å². The molecule has 0 amide bonds. The van der Waals surface area contributed by atoms with E-state index in [4.69, 9.17) is 0 Å². The van der Waals surface area contributed by atoms with Gasteiger partial charge in [0.05, 0.1) is 0 Å². The van der Waals surface area contributed by atoms with Crippen molar-refractivity contribution in [1.29, 1.82) is 0 Å². The SMILES string of the molecule is CCCN=Cc1cc(Br)cc(Br)c1[O-].CCCN=Cc1cc(Br)cc(Br)c1[O-].[Ni+2]. The van der Waals surface area contributed by atoms with Gasteiger partial charge in [-0.2, -0.15) is 0 Å². The molecule has 0 saturated carbocycles. The van der Waals surface area contributed by atoms with Crippen LogP contribution in [0.15, 0.2) is 52.1 Å². The maximum Gasteiger partial charge on any atom is 2.00 e. The van der Waals surface area contributed by atoms with E-state index in [1.807, 2.05) is 13.8 Å². The van der Waals surface area contributed by atoms with Gasteiger partial charge in [-0.25, -0.2) is 0 Å². The number of nitrogens with zero attached hydrogens (tertiary/aromatic N) is 2. The molecule has 0 aliphatic rings. The number of halogens is 4. The van der Waals surface area contributed by atoms with Gasteiger partial charge in [0.1, 0.15) is 0 Å². The summed E-state index contributed by atoms with van der Waals surface area (Å²) in [5, 5.41) is 23.1. The molecule has 0 spiro atoms. The maximum absolute atomic E-state index is 11.6. The molecule has 0 radical (unpaired) electrons. The Morgan fingerprint density at radius 1 is 0.724 bits per heavy atom. The van der Waals surface area contributed by atoms with Crippen molar-refractivity contribution in [3.63, 3.8) is 0 Å². The van der Waals surface area contributed by atoms with Gasteiger partial charge < -0.3 is 10.2 Å². The molecule has 0 N–H and O–H groups in total. The van der Waals surface area contributed by atoms with Gasteiger partial charge >= 0.3 is 16.5 Å². The standard InChI is InChI=1S/2C10H11Br2NO.Ni/c2*1-2-3-13-6-7-4-8(11)5-9(12)10(7)14;/h2*4-6,14H,2-3H2,1H3;/q;;+2/p-2. The van der Waals surface area contributed by atoms with Crippen LogP contribution in [0.3, 0.4) is 0 Å². The molecule has 2 rings (SSSR count). The number of hydrogen-bond acceptors (Lipinski definition) is 4. The van der Waals surface area contributed by atoms with E-state index in [0.717, 1.165) is 34.9 Å². The van der Waals surface area contributed by atoms with Gasteiger partial charge in [-0.05, 0) is 48.2 Å². The second kappa shape index (κ2) is 15.6. The molecular weight excluding hydrogens is 679 g/mol. The van der Waals surface area contributed by atoms with Crippen LogP contribution in [-0.4, -0.2) is 25.5 Å². The number of benzene rings is 2. The first kappa shape index (κ1) is 28.8. The molecule has 0 fully saturated rings. The molecule has 29 heavy (non-hydrogen) atoms. The van der Waals surface area contributed by atoms with Crippen molar-refractivity contribution in [2.24, 2.45) is 9.98 Å². The van der Waals surface area contributed by atoms with E-state index in [9.17, 15) is 10.2 Å². The third-order valence-corrected chi connectivity index (χ3v) is 5.33. The van der Waals surface area contributed by atoms with Gasteiger partial charge in [0, 0.05) is 43.4 Å². The topological polar surface area (TPSA) is 70.8 Å². The molecule has 0 bridgehead atoms. The Balaban J connectivity index is 0.000000523. The van der Waals surface area contributed by atoms with Gasteiger partial charge in [0.25, 0.3) is 0 Å². The molecule has 0 unspecified atom stereocenters. The van der Waals surface area contributed by atoms with Crippen LogP contribution in [0.5, 0.6) is 11.5 Å². The summed E-state index contributed by atoms with van der Waals surface area (Å²) >= 11 is 13.1. The third-order valence-electron chi connectivity index (χ3n) is 3.24. The quantitative estimate of drug-likeness (QED) is 0.266. The summed E-state index contributed by atoms with van der Waals surface area (Å²) in [7, 11) is 0. The van der Waals surface area contributed by atoms with Crippen molar-refractivity contribution in [3.05, 3.63) is 53.3 Å². The second-order valence-corrected chi connectivity index (χ2v) is 9.22. The first-order valence-corrected chi connectivity index (χ1v) is 11.8. The van der Waals surface area contributed by atoms with Gasteiger partial charge in [-0.1, -0.05) is 89.1 Å². The number of hydrogen-bond donors (Lipinski definition) is 0. The van der Waals surface area contributed by atoms with E-state index >= 15 is 0 Å². The summed E-state index contributed by atoms with van der Waals surface area (Å²) in [6.45, 7) is 5.60. The Morgan fingerprint density at radius 2 is 1.07 bits per heavy atom. The molecule has 0 aromatic heterocycles. The largest absolute Gasteiger partial charge is 2.00 e. The zero-order valence-electron chi connectivity index (χ0n) is 15.8. The Morgan fingerprint density at radius 3 is 1.38 bits per heavy atom. The Hall–Kier alpha value is -0.206. The van der Waals surface area contributed by atoms with Gasteiger partial charge in [0.15, 0.2) is 0 Å². The van der Waals surface area contributed by atoms with Crippen molar-refractivity contribution < 1.29 is 26.7 Å². The molecule has 2 aromatic rings. The zero-order chi connectivity index (χ0) is 21.1. The van der Waals surface area contributed by atoms with Crippen LogP contribution >= 0.6 is 63.7 Å². The van der Waals surface area contributed by atoms with Gasteiger partial charge in [-0.15, -0.1) is 0 Å². The predicted molar refractivity (Wildman–Crippen MR) is 128 cm³/mol. The van der Waals surface area contributed by atoms with Crippen LogP contribution in [0, 0.1) is 0 Å². The van der Waals surface area contributed by atoms with Crippen molar-refractivity contribution in [2.75, 3.05) is 13.1 Å². The smallest absolute Gasteiger partial charge is 0.871 e. The molecule has 4 nitrogen and oxygen atoms in total. The van der Waals surface area contributed by atoms with Crippen LogP contribution in [0.2, 0.25) is 0 Å². The first-order valence-electron chi connectivity index (χ1n) is 8.61. The van der Waals surface area contributed by atoms with E-state index in [1.54, 1.807) is 36.7 Å². The van der Waals surface area contributed by atoms with Crippen molar-refractivity contribution in [2.45, 2.75) is 26.7 Å². The monoisotopic (exact) mass is 694 g/mol. The summed E-state index contributed by atoms with van der Waals surface area (Å²) in [6.07, 6.45) is 5.22. The minimum absolute atomic E-state index is 0. The fourth-order valence-electron chi connectivity index (χ4n) is 1.94. The fourth-order valence-corrected chi connectivity index (χ4v) is 4.45. The molecule has 0 aliphatic heterocycles. The molecule has 160 valence electrons. The Kier molecular flexibility index (Phi) is 15.5. The van der Waals surface area contributed by atoms with Crippen LogP contribution in [0.1, 0.15) is 37.8 Å². The molecule has 9 heteroatoms. The van der Waals surface area contributed by atoms with Crippen molar-refractivity contribution in [3.8, 4) is 11.5 Å². The first-order chi connectivity index (χ1) is 13.3. The van der Waals surface area contributed by atoms with Crippen LogP contribution in [0.4, 0.5) is 0 Å². The molecule has 0 aliphatic carbocycles. The molecule has 0 heterocycles. The summed E-state index contributed by atoms with van der Waals surface area (Å²) in [5.41, 5.74) is 1.22. The Labute approximate surface area is 215 Å². The minimum atomic E-state index is -0.0203. The average Bonchev–Trinajstić information content (AvgIpc) is 2.64. The van der Waals surface area contributed by atoms with Crippen LogP contribution < -0.4 is 10.2 Å². The number of rotatable bonds is 6. The van der Waals surface area contributed by atoms with E-state index in [-0.39, 0.29) is 28.0 Å². The van der Waals surface area contributed by atoms with Crippen LogP contribution in [-0.2, 0) is 16.5 Å². The van der Waals surface area contributed by atoms with Gasteiger partial charge in [0.2, 0.25) is 0 Å².